The number of likely N-dealkylation sites (tertiary alicyclic amines) is 2. The van der Waals surface area contributed by atoms with Crippen LogP contribution in [0.5, 0.6) is 5.75 Å². The van der Waals surface area contributed by atoms with Gasteiger partial charge in [0, 0.05) is 50.5 Å². The summed E-state index contributed by atoms with van der Waals surface area (Å²) in [5.41, 5.74) is 1.58. The Morgan fingerprint density at radius 2 is 1.88 bits per heavy atom. The zero-order valence-electron chi connectivity index (χ0n) is 26.0. The predicted octanol–water partition coefficient (Wildman–Crippen LogP) is 4.64. The molecule has 0 unspecified atom stereocenters. The molecule has 10 nitrogen and oxygen atoms in total. The van der Waals surface area contributed by atoms with Crippen molar-refractivity contribution in [2.75, 3.05) is 39.3 Å². The zero-order chi connectivity index (χ0) is 30.1. The fourth-order valence-corrected chi connectivity index (χ4v) is 7.06. The Hall–Kier alpha value is -3.21. The van der Waals surface area contributed by atoms with E-state index >= 15 is 0 Å². The summed E-state index contributed by atoms with van der Waals surface area (Å²) in [6.45, 7) is 13.4. The Balaban J connectivity index is 1.14. The summed E-state index contributed by atoms with van der Waals surface area (Å²) in [6, 6.07) is 8.39. The minimum atomic E-state index is -0.987. The lowest BCUT2D eigenvalue weighted by Gasteiger charge is -2.42. The van der Waals surface area contributed by atoms with Gasteiger partial charge in [-0.3, -0.25) is 4.90 Å². The maximum Gasteiger partial charge on any atom is 0.341 e. The first kappa shape index (κ1) is 31.2. The molecule has 2 N–H and O–H groups in total. The van der Waals surface area contributed by atoms with Crippen LogP contribution in [-0.4, -0.2) is 90.7 Å². The molecule has 4 heterocycles. The van der Waals surface area contributed by atoms with Crippen molar-refractivity contribution in [1.82, 2.24) is 34.2 Å². The molecule has 0 radical (unpaired) electrons. The lowest BCUT2D eigenvalue weighted by molar-refractivity contribution is -0.139. The van der Waals surface area contributed by atoms with E-state index < -0.39 is 5.97 Å². The summed E-state index contributed by atoms with van der Waals surface area (Å²) >= 11 is 0. The number of hydrogen-bond acceptors (Lipinski definition) is 7. The fourth-order valence-electron chi connectivity index (χ4n) is 7.06. The Bertz CT molecular complexity index is 1270. The van der Waals surface area contributed by atoms with Gasteiger partial charge in [-0.05, 0) is 87.8 Å². The number of H-pyrrole nitrogens is 1. The summed E-state index contributed by atoms with van der Waals surface area (Å²) in [6.07, 6.45) is 15.3. The number of piperidine rings is 1. The average Bonchev–Trinajstić information content (AvgIpc) is 3.77. The van der Waals surface area contributed by atoms with Gasteiger partial charge < -0.3 is 29.2 Å². The minimum Gasteiger partial charge on any atom is -0.482 e. The largest absolute Gasteiger partial charge is 0.482 e. The summed E-state index contributed by atoms with van der Waals surface area (Å²) in [5, 5.41) is 8.97. The smallest absolute Gasteiger partial charge is 0.341 e. The van der Waals surface area contributed by atoms with Crippen molar-refractivity contribution in [2.45, 2.75) is 84.6 Å². The predicted molar refractivity (Wildman–Crippen MR) is 167 cm³/mol. The normalized spacial score (nSPS) is 17.4. The number of carboxylic acid groups (broad SMARTS) is 1. The Kier molecular flexibility index (Phi) is 10.9. The molecule has 1 aromatic carbocycles. The van der Waals surface area contributed by atoms with Gasteiger partial charge in [0.05, 0.1) is 13.1 Å². The van der Waals surface area contributed by atoms with Crippen LogP contribution in [0.15, 0.2) is 49.1 Å². The van der Waals surface area contributed by atoms with Crippen LogP contribution >= 0.6 is 0 Å². The quantitative estimate of drug-likeness (QED) is 0.249. The number of ether oxygens (including phenoxy) is 1. The van der Waals surface area contributed by atoms with Gasteiger partial charge in [0.2, 0.25) is 0 Å². The summed E-state index contributed by atoms with van der Waals surface area (Å²) in [5.74, 6) is 1.50. The molecule has 2 fully saturated rings. The molecule has 1 spiro atoms. The highest BCUT2D eigenvalue weighted by Gasteiger charge is 2.40. The molecule has 0 atom stereocenters. The number of aryl methyl sites for hydroxylation is 1. The molecule has 0 bridgehead atoms. The number of aliphatic carboxylic acids is 1. The number of imidazole rings is 2. The van der Waals surface area contributed by atoms with Crippen molar-refractivity contribution in [1.29, 1.82) is 0 Å². The topological polar surface area (TPSA) is 103 Å². The highest BCUT2D eigenvalue weighted by molar-refractivity contribution is 5.68. The molecular formula is C33H49N7O3. The maximum absolute atomic E-state index is 10.9. The van der Waals surface area contributed by atoms with Gasteiger partial charge in [-0.25, -0.2) is 14.8 Å². The second-order valence-corrected chi connectivity index (χ2v) is 12.4. The van der Waals surface area contributed by atoms with Crippen LogP contribution in [0.2, 0.25) is 0 Å². The molecule has 234 valence electrons. The van der Waals surface area contributed by atoms with Gasteiger partial charge in [-0.1, -0.05) is 26.0 Å². The lowest BCUT2D eigenvalue weighted by atomic mass is 9.77. The third-order valence-corrected chi connectivity index (χ3v) is 9.47. The number of benzene rings is 1. The minimum absolute atomic E-state index is 0.355. The zero-order valence-corrected chi connectivity index (χ0v) is 26.0. The van der Waals surface area contributed by atoms with E-state index in [1.165, 1.54) is 58.3 Å². The molecule has 43 heavy (non-hydrogen) atoms. The molecule has 2 aromatic heterocycles. The molecule has 3 aromatic rings. The molecule has 2 aliphatic rings. The summed E-state index contributed by atoms with van der Waals surface area (Å²) in [7, 11) is 0. The van der Waals surface area contributed by atoms with Crippen LogP contribution in [0.25, 0.3) is 0 Å². The van der Waals surface area contributed by atoms with E-state index in [1.807, 2.05) is 30.6 Å². The van der Waals surface area contributed by atoms with Gasteiger partial charge in [-0.15, -0.1) is 0 Å². The molecule has 0 aliphatic carbocycles. The van der Waals surface area contributed by atoms with Crippen LogP contribution in [0.3, 0.4) is 0 Å². The molecule has 0 amide bonds. The number of rotatable bonds is 16. The van der Waals surface area contributed by atoms with Gasteiger partial charge in [0.1, 0.15) is 17.4 Å². The number of hydrogen-bond donors (Lipinski definition) is 2. The van der Waals surface area contributed by atoms with Crippen molar-refractivity contribution < 1.29 is 14.6 Å². The average molecular weight is 592 g/mol. The van der Waals surface area contributed by atoms with Crippen LogP contribution in [0.4, 0.5) is 0 Å². The van der Waals surface area contributed by atoms with Crippen LogP contribution in [0.1, 0.15) is 69.6 Å². The Morgan fingerprint density at radius 1 is 1.07 bits per heavy atom. The monoisotopic (exact) mass is 591 g/mol. The first-order valence-electron chi connectivity index (χ1n) is 16.1. The van der Waals surface area contributed by atoms with E-state index in [1.54, 1.807) is 12.3 Å². The van der Waals surface area contributed by atoms with Crippen molar-refractivity contribution in [3.63, 3.8) is 0 Å². The Labute approximate surface area is 256 Å². The van der Waals surface area contributed by atoms with E-state index in [0.717, 1.165) is 42.8 Å². The molecular weight excluding hydrogens is 542 g/mol. The third kappa shape index (κ3) is 8.68. The van der Waals surface area contributed by atoms with Gasteiger partial charge in [-0.2, -0.15) is 0 Å². The second-order valence-electron chi connectivity index (χ2n) is 12.4. The number of nitrogens with one attached hydrogen (secondary N) is 1. The van der Waals surface area contributed by atoms with Crippen molar-refractivity contribution in [3.8, 4) is 5.75 Å². The van der Waals surface area contributed by atoms with Crippen molar-refractivity contribution in [3.05, 3.63) is 66.3 Å². The van der Waals surface area contributed by atoms with Crippen molar-refractivity contribution in [2.24, 2.45) is 5.41 Å². The first-order valence-corrected chi connectivity index (χ1v) is 16.1. The standard InChI is InChI=1S/C33H49N7O3/c1-3-28(4-2)39-18-10-33(11-19-39)9-17-37(26-33)15-6-16-40-20-14-36-31(40)24-38(23-30-34-12-13-35-30)22-27-7-5-8-29(21-27)43-25-32(41)42/h5,7-8,12-14,20-21,28H,3-4,6,9-11,15-19,22-26H2,1-2H3,(H,34,35)(H,41,42). The van der Waals surface area contributed by atoms with E-state index in [0.29, 0.717) is 30.8 Å². The molecule has 5 rings (SSSR count). The number of carbonyl (C=O) groups is 1. The van der Waals surface area contributed by atoms with Crippen molar-refractivity contribution >= 4 is 5.97 Å². The fraction of sp³-hybridized carbons (Fsp3) is 0.606. The van der Waals surface area contributed by atoms with E-state index in [2.05, 4.69) is 49.3 Å². The van der Waals surface area contributed by atoms with Crippen LogP contribution < -0.4 is 4.74 Å². The van der Waals surface area contributed by atoms with E-state index in [9.17, 15) is 4.79 Å². The van der Waals surface area contributed by atoms with Crippen LogP contribution in [-0.2, 0) is 31.0 Å². The number of nitrogens with zero attached hydrogens (tertiary/aromatic N) is 6. The Morgan fingerprint density at radius 3 is 2.63 bits per heavy atom. The lowest BCUT2D eigenvalue weighted by Crippen LogP contribution is -2.45. The number of aromatic nitrogens is 4. The SMILES string of the molecule is CCC(CC)N1CCC2(CCN(CCCn3ccnc3CN(Cc3cccc(OCC(=O)O)c3)Cc3ncc[nH]3)C2)CC1. The van der Waals surface area contributed by atoms with E-state index in [-0.39, 0.29) is 6.61 Å². The third-order valence-electron chi connectivity index (χ3n) is 9.47. The summed E-state index contributed by atoms with van der Waals surface area (Å²) < 4.78 is 7.70. The molecule has 10 heteroatoms. The molecule has 2 saturated heterocycles. The highest BCUT2D eigenvalue weighted by Crippen LogP contribution is 2.41. The maximum atomic E-state index is 10.9. The number of aromatic amines is 1. The van der Waals surface area contributed by atoms with E-state index in [4.69, 9.17) is 14.8 Å². The first-order chi connectivity index (χ1) is 20.9. The van der Waals surface area contributed by atoms with Gasteiger partial charge in [0.15, 0.2) is 6.61 Å². The van der Waals surface area contributed by atoms with Crippen LogP contribution in [0, 0.1) is 5.41 Å². The van der Waals surface area contributed by atoms with Gasteiger partial charge >= 0.3 is 5.97 Å². The summed E-state index contributed by atoms with van der Waals surface area (Å²) in [4.78, 5) is 31.1. The second kappa shape index (κ2) is 15.0. The number of carboxylic acids is 1. The highest BCUT2D eigenvalue weighted by atomic mass is 16.5. The van der Waals surface area contributed by atoms with Gasteiger partial charge in [0.25, 0.3) is 0 Å². The molecule has 0 saturated carbocycles. The molecule has 2 aliphatic heterocycles.